The van der Waals surface area contributed by atoms with Crippen LogP contribution in [0.3, 0.4) is 0 Å². The summed E-state index contributed by atoms with van der Waals surface area (Å²) >= 11 is 0. The Balaban J connectivity index is 1.74. The summed E-state index contributed by atoms with van der Waals surface area (Å²) in [6, 6.07) is 8.69. The van der Waals surface area contributed by atoms with Crippen molar-refractivity contribution in [3.63, 3.8) is 0 Å². The molecule has 112 valence electrons. The smallest absolute Gasteiger partial charge is 0.241 e. The van der Waals surface area contributed by atoms with Crippen molar-refractivity contribution >= 4 is 0 Å². The summed E-state index contributed by atoms with van der Waals surface area (Å²) in [5.41, 5.74) is 2.20. The highest BCUT2D eigenvalue weighted by atomic mass is 16.5. The summed E-state index contributed by atoms with van der Waals surface area (Å²) < 4.78 is 5.44. The molecule has 1 aromatic heterocycles. The van der Waals surface area contributed by atoms with Crippen molar-refractivity contribution in [2.24, 2.45) is 0 Å². The Bertz CT molecular complexity index is 589. The van der Waals surface area contributed by atoms with Gasteiger partial charge in [-0.1, -0.05) is 36.3 Å². The van der Waals surface area contributed by atoms with Crippen LogP contribution in [0, 0.1) is 6.92 Å². The third-order valence-corrected chi connectivity index (χ3v) is 4.15. The number of aromatic nitrogens is 2. The topological polar surface area (TPSA) is 54.2 Å². The van der Waals surface area contributed by atoms with Gasteiger partial charge in [0, 0.05) is 18.2 Å². The van der Waals surface area contributed by atoms with Crippen molar-refractivity contribution in [3.05, 3.63) is 35.7 Å². The maximum atomic E-state index is 5.44. The van der Waals surface area contributed by atoms with Crippen LogP contribution in [0.4, 0.5) is 0 Å². The fourth-order valence-corrected chi connectivity index (χ4v) is 2.88. The van der Waals surface area contributed by atoms with E-state index < -0.39 is 0 Å². The minimum absolute atomic E-state index is 0.573. The molecule has 21 heavy (non-hydrogen) atoms. The Morgan fingerprint density at radius 2 is 2.24 bits per heavy atom. The summed E-state index contributed by atoms with van der Waals surface area (Å²) in [6.07, 6.45) is 1.19. The number of aryl methyl sites for hydroxylation is 1. The molecule has 0 amide bonds. The molecule has 5 nitrogen and oxygen atoms in total. The van der Waals surface area contributed by atoms with Gasteiger partial charge < -0.3 is 9.84 Å². The summed E-state index contributed by atoms with van der Waals surface area (Å²) in [7, 11) is 0. The van der Waals surface area contributed by atoms with E-state index in [1.165, 1.54) is 6.42 Å². The van der Waals surface area contributed by atoms with Crippen molar-refractivity contribution in [2.45, 2.75) is 32.9 Å². The average molecular weight is 286 g/mol. The number of nitrogens with one attached hydrogen (secondary N) is 1. The molecular weight excluding hydrogens is 264 g/mol. The molecule has 2 heterocycles. The van der Waals surface area contributed by atoms with Crippen molar-refractivity contribution in [3.8, 4) is 11.4 Å². The van der Waals surface area contributed by atoms with Crippen LogP contribution >= 0.6 is 0 Å². The third kappa shape index (κ3) is 3.14. The number of rotatable bonds is 5. The molecule has 1 N–H and O–H groups in total. The maximum Gasteiger partial charge on any atom is 0.241 e. The van der Waals surface area contributed by atoms with Gasteiger partial charge in [0.15, 0.2) is 0 Å². The van der Waals surface area contributed by atoms with Crippen LogP contribution in [-0.2, 0) is 6.54 Å². The van der Waals surface area contributed by atoms with Crippen LogP contribution in [0.1, 0.15) is 24.8 Å². The second kappa shape index (κ2) is 6.37. The number of nitrogens with zero attached hydrogens (tertiary/aromatic N) is 3. The first-order chi connectivity index (χ1) is 10.3. The molecule has 0 aliphatic carbocycles. The lowest BCUT2D eigenvalue weighted by Crippen LogP contribution is -2.36. The largest absolute Gasteiger partial charge is 0.338 e. The number of likely N-dealkylation sites (N-methyl/N-ethyl adjacent to an activating group) is 1. The van der Waals surface area contributed by atoms with Gasteiger partial charge in [-0.15, -0.1) is 0 Å². The van der Waals surface area contributed by atoms with Crippen molar-refractivity contribution in [1.29, 1.82) is 0 Å². The first kappa shape index (κ1) is 14.2. The van der Waals surface area contributed by atoms with Gasteiger partial charge in [-0.25, -0.2) is 0 Å². The van der Waals surface area contributed by atoms with E-state index in [0.717, 1.165) is 37.3 Å². The molecule has 1 atom stereocenters. The highest BCUT2D eigenvalue weighted by molar-refractivity contribution is 5.58. The average Bonchev–Trinajstić information content (AvgIpc) is 3.17. The minimum Gasteiger partial charge on any atom is -0.338 e. The maximum absolute atomic E-state index is 5.44. The molecule has 1 aliphatic heterocycles. The normalized spacial score (nSPS) is 18.5. The van der Waals surface area contributed by atoms with Crippen LogP contribution < -0.4 is 5.32 Å². The van der Waals surface area contributed by atoms with Gasteiger partial charge in [-0.05, 0) is 32.0 Å². The molecule has 0 saturated carbocycles. The van der Waals surface area contributed by atoms with Crippen LogP contribution in [0.15, 0.2) is 28.8 Å². The lowest BCUT2D eigenvalue weighted by molar-refractivity contribution is 0.183. The van der Waals surface area contributed by atoms with Gasteiger partial charge in [0.1, 0.15) is 0 Å². The fourth-order valence-electron chi connectivity index (χ4n) is 2.88. The van der Waals surface area contributed by atoms with Gasteiger partial charge >= 0.3 is 0 Å². The lowest BCUT2D eigenvalue weighted by Gasteiger charge is -2.24. The standard InChI is InChI=1S/C16H22N4O/c1-3-20(13-8-9-17-10-13)11-15-18-16(19-21-15)14-7-5-4-6-12(14)2/h4-7,13,17H,3,8-11H2,1-2H3. The molecule has 3 rings (SSSR count). The van der Waals surface area contributed by atoms with Crippen LogP contribution in [0.5, 0.6) is 0 Å². The molecule has 1 fully saturated rings. The van der Waals surface area contributed by atoms with Gasteiger partial charge in [0.25, 0.3) is 0 Å². The highest BCUT2D eigenvalue weighted by Crippen LogP contribution is 2.20. The van der Waals surface area contributed by atoms with Crippen molar-refractivity contribution < 1.29 is 4.52 Å². The molecule has 1 unspecified atom stereocenters. The molecule has 1 aliphatic rings. The Hall–Kier alpha value is -1.72. The quantitative estimate of drug-likeness (QED) is 0.913. The SMILES string of the molecule is CCN(Cc1nc(-c2ccccc2C)no1)C1CCNC1. The van der Waals surface area contributed by atoms with E-state index >= 15 is 0 Å². The fraction of sp³-hybridized carbons (Fsp3) is 0.500. The second-order valence-electron chi connectivity index (χ2n) is 5.54. The molecule has 2 aromatic rings. The number of benzene rings is 1. The number of hydrogen-bond donors (Lipinski definition) is 1. The van der Waals surface area contributed by atoms with E-state index in [2.05, 4.69) is 40.3 Å². The molecular formula is C16H22N4O. The van der Waals surface area contributed by atoms with E-state index in [1.807, 2.05) is 18.2 Å². The monoisotopic (exact) mass is 286 g/mol. The summed E-state index contributed by atoms with van der Waals surface area (Å²) in [5, 5.41) is 7.54. The predicted molar refractivity (Wildman–Crippen MR) is 81.8 cm³/mol. The predicted octanol–water partition coefficient (Wildman–Crippen LogP) is 2.23. The summed E-state index contributed by atoms with van der Waals surface area (Å²) in [6.45, 7) is 8.10. The van der Waals surface area contributed by atoms with Gasteiger partial charge in [-0.2, -0.15) is 4.98 Å². The second-order valence-corrected chi connectivity index (χ2v) is 5.54. The third-order valence-electron chi connectivity index (χ3n) is 4.15. The minimum atomic E-state index is 0.573. The zero-order chi connectivity index (χ0) is 14.7. The van der Waals surface area contributed by atoms with E-state index in [1.54, 1.807) is 0 Å². The summed E-state index contributed by atoms with van der Waals surface area (Å²) in [4.78, 5) is 6.96. The van der Waals surface area contributed by atoms with Gasteiger partial charge in [0.05, 0.1) is 6.54 Å². The highest BCUT2D eigenvalue weighted by Gasteiger charge is 2.23. The number of hydrogen-bond acceptors (Lipinski definition) is 5. The zero-order valence-corrected chi connectivity index (χ0v) is 12.7. The Morgan fingerprint density at radius 3 is 2.95 bits per heavy atom. The zero-order valence-electron chi connectivity index (χ0n) is 12.7. The van der Waals surface area contributed by atoms with Crippen molar-refractivity contribution in [2.75, 3.05) is 19.6 Å². The first-order valence-corrected chi connectivity index (χ1v) is 7.61. The molecule has 5 heteroatoms. The van der Waals surface area contributed by atoms with E-state index in [-0.39, 0.29) is 0 Å². The molecule has 0 bridgehead atoms. The van der Waals surface area contributed by atoms with Crippen molar-refractivity contribution in [1.82, 2.24) is 20.4 Å². The van der Waals surface area contributed by atoms with E-state index in [0.29, 0.717) is 17.8 Å². The molecule has 0 radical (unpaired) electrons. The molecule has 1 aromatic carbocycles. The van der Waals surface area contributed by atoms with E-state index in [9.17, 15) is 0 Å². The lowest BCUT2D eigenvalue weighted by atomic mass is 10.1. The Kier molecular flexibility index (Phi) is 4.31. The van der Waals surface area contributed by atoms with E-state index in [4.69, 9.17) is 4.52 Å². The molecule has 1 saturated heterocycles. The molecule has 0 spiro atoms. The van der Waals surface area contributed by atoms with Gasteiger partial charge in [0.2, 0.25) is 11.7 Å². The summed E-state index contributed by atoms with van der Waals surface area (Å²) in [5.74, 6) is 1.38. The van der Waals surface area contributed by atoms with Crippen LogP contribution in [0.2, 0.25) is 0 Å². The van der Waals surface area contributed by atoms with Crippen LogP contribution in [0.25, 0.3) is 11.4 Å². The Labute approximate surface area is 125 Å². The first-order valence-electron chi connectivity index (χ1n) is 7.61. The van der Waals surface area contributed by atoms with Crippen LogP contribution in [-0.4, -0.2) is 40.7 Å². The Morgan fingerprint density at radius 1 is 1.38 bits per heavy atom. The van der Waals surface area contributed by atoms with Gasteiger partial charge in [-0.3, -0.25) is 4.90 Å².